The van der Waals surface area contributed by atoms with Crippen molar-refractivity contribution in [2.75, 3.05) is 31.3 Å². The summed E-state index contributed by atoms with van der Waals surface area (Å²) in [6.45, 7) is 3.49. The van der Waals surface area contributed by atoms with Crippen molar-refractivity contribution >= 4 is 39.2 Å². The number of likely N-dealkylation sites (N-methyl/N-ethyl adjacent to an activating group) is 1. The Kier molecular flexibility index (Phi) is 7.36. The number of hydrogen-bond donors (Lipinski definition) is 2. The van der Waals surface area contributed by atoms with E-state index in [2.05, 4.69) is 57.6 Å². The van der Waals surface area contributed by atoms with Crippen molar-refractivity contribution in [1.82, 2.24) is 9.80 Å². The highest BCUT2D eigenvalue weighted by Gasteiger charge is 2.40. The number of likely N-dealkylation sites (tertiary alicyclic amines) is 1. The number of benzene rings is 2. The van der Waals surface area contributed by atoms with Gasteiger partial charge in [0.2, 0.25) is 5.91 Å². The summed E-state index contributed by atoms with van der Waals surface area (Å²) in [6, 6.07) is 13.3. The molecule has 4 rings (SSSR count). The van der Waals surface area contributed by atoms with E-state index in [1.165, 1.54) is 11.1 Å². The second kappa shape index (κ2) is 10.2. The van der Waals surface area contributed by atoms with Gasteiger partial charge in [-0.1, -0.05) is 34.1 Å². The van der Waals surface area contributed by atoms with Gasteiger partial charge in [-0.15, -0.1) is 0 Å². The molecule has 0 unspecified atom stereocenters. The maximum Gasteiger partial charge on any atom is 0.322 e. The number of nitrogens with zero attached hydrogens (tertiary/aromatic N) is 2. The number of carbonyl (C=O) groups excluding carboxylic acids is 2. The van der Waals surface area contributed by atoms with Gasteiger partial charge in [-0.3, -0.25) is 9.69 Å². The van der Waals surface area contributed by atoms with Gasteiger partial charge in [0.15, 0.2) is 0 Å². The molecule has 2 N–H and O–H groups in total. The summed E-state index contributed by atoms with van der Waals surface area (Å²) in [5, 5.41) is 6.70. The van der Waals surface area contributed by atoms with Crippen molar-refractivity contribution in [1.29, 1.82) is 0 Å². The maximum absolute atomic E-state index is 13.2. The third-order valence-corrected chi connectivity index (χ3v) is 7.33. The van der Waals surface area contributed by atoms with Crippen molar-refractivity contribution in [3.63, 3.8) is 0 Å². The Labute approximate surface area is 203 Å². The van der Waals surface area contributed by atoms with Crippen LogP contribution in [0, 0.1) is 0 Å². The average molecular weight is 515 g/mol. The van der Waals surface area contributed by atoms with Crippen LogP contribution in [-0.2, 0) is 27.8 Å². The van der Waals surface area contributed by atoms with E-state index in [0.29, 0.717) is 24.7 Å². The van der Waals surface area contributed by atoms with Crippen LogP contribution in [0.2, 0.25) is 0 Å². The van der Waals surface area contributed by atoms with Gasteiger partial charge in [0.25, 0.3) is 0 Å². The van der Waals surface area contributed by atoms with E-state index in [1.807, 2.05) is 30.3 Å². The number of anilines is 2. The van der Waals surface area contributed by atoms with E-state index in [4.69, 9.17) is 4.74 Å². The first kappa shape index (κ1) is 23.7. The van der Waals surface area contributed by atoms with Crippen molar-refractivity contribution in [2.24, 2.45) is 0 Å². The van der Waals surface area contributed by atoms with Crippen LogP contribution in [0.5, 0.6) is 0 Å². The van der Waals surface area contributed by atoms with Crippen LogP contribution in [0.3, 0.4) is 0 Å². The summed E-state index contributed by atoms with van der Waals surface area (Å²) in [7, 11) is 3.74. The summed E-state index contributed by atoms with van der Waals surface area (Å²) < 4.78 is 5.49. The molecule has 2 aliphatic heterocycles. The highest BCUT2D eigenvalue weighted by molar-refractivity contribution is 9.08. The van der Waals surface area contributed by atoms with E-state index < -0.39 is 6.04 Å². The molecule has 0 radical (unpaired) electrons. The largest absolute Gasteiger partial charge is 0.380 e. The predicted molar refractivity (Wildman–Crippen MR) is 134 cm³/mol. The van der Waals surface area contributed by atoms with Crippen molar-refractivity contribution in [3.05, 3.63) is 59.2 Å². The van der Waals surface area contributed by atoms with E-state index >= 15 is 0 Å². The van der Waals surface area contributed by atoms with Crippen molar-refractivity contribution < 1.29 is 14.3 Å². The van der Waals surface area contributed by atoms with Gasteiger partial charge in [0.1, 0.15) is 6.04 Å². The van der Waals surface area contributed by atoms with Gasteiger partial charge in [-0.25, -0.2) is 4.79 Å². The van der Waals surface area contributed by atoms with Gasteiger partial charge < -0.3 is 20.3 Å². The van der Waals surface area contributed by atoms with Crippen LogP contribution in [0.4, 0.5) is 16.2 Å². The first-order valence-corrected chi connectivity index (χ1v) is 12.4. The van der Waals surface area contributed by atoms with Crippen LogP contribution < -0.4 is 10.6 Å². The summed E-state index contributed by atoms with van der Waals surface area (Å²) in [4.78, 5) is 30.1. The number of halogens is 1. The molecule has 0 spiro atoms. The zero-order valence-corrected chi connectivity index (χ0v) is 20.9. The number of nitrogens with one attached hydrogen (secondary N) is 2. The molecule has 3 atom stereocenters. The lowest BCUT2D eigenvalue weighted by Gasteiger charge is -2.32. The molecular weight excluding hydrogens is 484 g/mol. The third kappa shape index (κ3) is 5.39. The third-order valence-electron chi connectivity index (χ3n) is 6.68. The van der Waals surface area contributed by atoms with Crippen LogP contribution >= 0.6 is 15.9 Å². The lowest BCUT2D eigenvalue weighted by Crippen LogP contribution is -2.45. The molecule has 0 aliphatic carbocycles. The molecule has 0 bridgehead atoms. The molecule has 33 heavy (non-hydrogen) atoms. The Balaban J connectivity index is 1.45. The number of urea groups is 1. The van der Waals surface area contributed by atoms with Gasteiger partial charge >= 0.3 is 6.03 Å². The minimum Gasteiger partial charge on any atom is -0.380 e. The minimum atomic E-state index is -0.599. The molecule has 2 heterocycles. The van der Waals surface area contributed by atoms with Gasteiger partial charge in [-0.05, 0) is 61.3 Å². The second-order valence-electron chi connectivity index (χ2n) is 8.96. The van der Waals surface area contributed by atoms with E-state index in [1.54, 1.807) is 12.0 Å². The highest BCUT2D eigenvalue weighted by Crippen LogP contribution is 2.27. The molecule has 1 fully saturated rings. The summed E-state index contributed by atoms with van der Waals surface area (Å²) in [5.74, 6) is -0.194. The molecule has 2 aromatic carbocycles. The number of ether oxygens (including phenoxy) is 1. The first-order valence-electron chi connectivity index (χ1n) is 11.3. The molecular formula is C25H31BrN4O3. The monoisotopic (exact) mass is 514 g/mol. The number of fused-ring (bicyclic) bond motifs is 1. The maximum atomic E-state index is 13.2. The molecule has 0 aromatic heterocycles. The standard InChI is InChI=1S/C25H31BrN4O3/c1-16-10-19-11-21(9-6-18(19)14-29(16)2)27-24(31)23-12-22(33-3)15-30(23)25(32)28-20-7-4-17(13-26)5-8-20/h4-9,11,16,22-23H,10,12-15H2,1-3H3,(H,27,31)(H,28,32)/t16-,22+,23+/m0/s1. The van der Waals surface area contributed by atoms with Gasteiger partial charge in [0, 0.05) is 49.4 Å². The summed E-state index contributed by atoms with van der Waals surface area (Å²) in [6.07, 6.45) is 1.24. The Morgan fingerprint density at radius 2 is 1.82 bits per heavy atom. The lowest BCUT2D eigenvalue weighted by atomic mass is 9.95. The summed E-state index contributed by atoms with van der Waals surface area (Å²) in [5.41, 5.74) is 5.14. The number of methoxy groups -OCH3 is 1. The number of rotatable bonds is 5. The zero-order valence-electron chi connectivity index (χ0n) is 19.3. The number of hydrogen-bond acceptors (Lipinski definition) is 4. The SMILES string of the molecule is CO[C@@H]1C[C@H](C(=O)Nc2ccc3c(c2)C[C@H](C)N(C)C3)N(C(=O)Nc2ccc(CBr)cc2)C1. The topological polar surface area (TPSA) is 73.9 Å². The van der Waals surface area contributed by atoms with E-state index in [9.17, 15) is 9.59 Å². The molecule has 1 saturated heterocycles. The predicted octanol–water partition coefficient (Wildman–Crippen LogP) is 4.22. The van der Waals surface area contributed by atoms with Crippen LogP contribution in [-0.4, -0.2) is 60.6 Å². The van der Waals surface area contributed by atoms with E-state index in [-0.39, 0.29) is 18.0 Å². The Bertz CT molecular complexity index is 1010. The van der Waals surface area contributed by atoms with Crippen LogP contribution in [0.25, 0.3) is 0 Å². The molecule has 7 nitrogen and oxygen atoms in total. The highest BCUT2D eigenvalue weighted by atomic mass is 79.9. The Hall–Kier alpha value is -2.42. The van der Waals surface area contributed by atoms with Crippen molar-refractivity contribution in [2.45, 2.75) is 49.8 Å². The summed E-state index contributed by atoms with van der Waals surface area (Å²) >= 11 is 3.42. The molecule has 0 saturated carbocycles. The number of amides is 3. The van der Waals surface area contributed by atoms with E-state index in [0.717, 1.165) is 29.5 Å². The Morgan fingerprint density at radius 3 is 2.52 bits per heavy atom. The van der Waals surface area contributed by atoms with Crippen molar-refractivity contribution in [3.8, 4) is 0 Å². The number of alkyl halides is 1. The Morgan fingerprint density at radius 1 is 1.09 bits per heavy atom. The van der Waals surface area contributed by atoms with Gasteiger partial charge in [0.05, 0.1) is 6.10 Å². The average Bonchev–Trinajstić information content (AvgIpc) is 3.25. The van der Waals surface area contributed by atoms with Crippen LogP contribution in [0.1, 0.15) is 30.0 Å². The normalized spacial score (nSPS) is 22.7. The molecule has 8 heteroatoms. The minimum absolute atomic E-state index is 0.179. The fraction of sp³-hybridized carbons (Fsp3) is 0.440. The number of carbonyl (C=O) groups is 2. The molecule has 176 valence electrons. The fourth-order valence-corrected chi connectivity index (χ4v) is 4.86. The lowest BCUT2D eigenvalue weighted by molar-refractivity contribution is -0.119. The smallest absolute Gasteiger partial charge is 0.322 e. The van der Waals surface area contributed by atoms with Gasteiger partial charge in [-0.2, -0.15) is 0 Å². The molecule has 3 amide bonds. The first-order chi connectivity index (χ1) is 15.9. The van der Waals surface area contributed by atoms with Crippen LogP contribution in [0.15, 0.2) is 42.5 Å². The quantitative estimate of drug-likeness (QED) is 0.585. The molecule has 2 aromatic rings. The molecule has 2 aliphatic rings. The fourth-order valence-electron chi connectivity index (χ4n) is 4.49. The zero-order chi connectivity index (χ0) is 23.5. The second-order valence-corrected chi connectivity index (χ2v) is 9.52.